The highest BCUT2D eigenvalue weighted by Crippen LogP contribution is 2.13. The second-order valence-electron chi connectivity index (χ2n) is 5.65. The third-order valence-corrected chi connectivity index (χ3v) is 3.15. The lowest BCUT2D eigenvalue weighted by molar-refractivity contribution is -0.129. The van der Waals surface area contributed by atoms with Gasteiger partial charge in [-0.05, 0) is 18.0 Å². The van der Waals surface area contributed by atoms with E-state index < -0.39 is 6.04 Å². The third-order valence-electron chi connectivity index (χ3n) is 3.15. The van der Waals surface area contributed by atoms with E-state index in [0.29, 0.717) is 19.5 Å². The Labute approximate surface area is 132 Å². The van der Waals surface area contributed by atoms with Crippen LogP contribution in [0.3, 0.4) is 0 Å². The molecule has 5 heteroatoms. The van der Waals surface area contributed by atoms with Gasteiger partial charge in [-0.2, -0.15) is 0 Å². The highest BCUT2D eigenvalue weighted by molar-refractivity contribution is 5.88. The maximum Gasteiger partial charge on any atom is 0.247 e. The maximum atomic E-state index is 12.4. The Balaban J connectivity index is 2.70. The van der Waals surface area contributed by atoms with Crippen LogP contribution in [0.15, 0.2) is 30.3 Å². The zero-order chi connectivity index (χ0) is 16.4. The van der Waals surface area contributed by atoms with E-state index in [1.165, 1.54) is 0 Å². The van der Waals surface area contributed by atoms with Gasteiger partial charge >= 0.3 is 0 Å². The van der Waals surface area contributed by atoms with Gasteiger partial charge in [0.05, 0.1) is 0 Å². The van der Waals surface area contributed by atoms with Crippen LogP contribution >= 0.6 is 0 Å². The Morgan fingerprint density at radius 1 is 1.09 bits per heavy atom. The Hall–Kier alpha value is -1.88. The predicted octanol–water partition coefficient (Wildman–Crippen LogP) is 1.62. The van der Waals surface area contributed by atoms with Crippen molar-refractivity contribution in [1.29, 1.82) is 0 Å². The number of hydrogen-bond acceptors (Lipinski definition) is 3. The van der Waals surface area contributed by atoms with Gasteiger partial charge in [-0.15, -0.1) is 0 Å². The number of hydrogen-bond donors (Lipinski definition) is 3. The molecule has 22 heavy (non-hydrogen) atoms. The molecule has 0 radical (unpaired) electrons. The fourth-order valence-corrected chi connectivity index (χ4v) is 2.09. The first-order valence-electron chi connectivity index (χ1n) is 7.87. The normalized spacial score (nSPS) is 12.0. The number of likely N-dealkylation sites (N-methyl/N-ethyl adjacent to an activating group) is 1. The quantitative estimate of drug-likeness (QED) is 0.607. The number of carbonyl (C=O) groups is 2. The molecule has 1 aromatic rings. The molecule has 0 saturated heterocycles. The summed E-state index contributed by atoms with van der Waals surface area (Å²) in [7, 11) is 0. The van der Waals surface area contributed by atoms with E-state index in [-0.39, 0.29) is 17.7 Å². The monoisotopic (exact) mass is 305 g/mol. The van der Waals surface area contributed by atoms with E-state index in [2.05, 4.69) is 16.0 Å². The minimum absolute atomic E-state index is 0.106. The smallest absolute Gasteiger partial charge is 0.247 e. The van der Waals surface area contributed by atoms with E-state index in [0.717, 1.165) is 12.1 Å². The Morgan fingerprint density at radius 2 is 1.77 bits per heavy atom. The third kappa shape index (κ3) is 6.72. The first-order valence-corrected chi connectivity index (χ1v) is 7.87. The molecule has 0 aliphatic carbocycles. The molecule has 0 spiro atoms. The van der Waals surface area contributed by atoms with Gasteiger partial charge in [0.1, 0.15) is 6.04 Å². The Morgan fingerprint density at radius 3 is 2.36 bits per heavy atom. The minimum Gasteiger partial charge on any atom is -0.353 e. The van der Waals surface area contributed by atoms with Gasteiger partial charge in [0.2, 0.25) is 11.8 Å². The molecular formula is C17H27N3O2. The molecule has 0 fully saturated rings. The fraction of sp³-hybridized carbons (Fsp3) is 0.529. The fourth-order valence-electron chi connectivity index (χ4n) is 2.09. The predicted molar refractivity (Wildman–Crippen MR) is 88.3 cm³/mol. The molecule has 1 atom stereocenters. The van der Waals surface area contributed by atoms with Gasteiger partial charge in [-0.25, -0.2) is 0 Å². The van der Waals surface area contributed by atoms with Crippen molar-refractivity contribution in [3.63, 3.8) is 0 Å². The average Bonchev–Trinajstić information content (AvgIpc) is 2.49. The van der Waals surface area contributed by atoms with E-state index in [1.54, 1.807) is 0 Å². The lowest BCUT2D eigenvalue weighted by Gasteiger charge is -2.19. The molecule has 1 rings (SSSR count). The van der Waals surface area contributed by atoms with Crippen LogP contribution < -0.4 is 16.0 Å². The second kappa shape index (κ2) is 9.95. The van der Waals surface area contributed by atoms with Crippen molar-refractivity contribution >= 4 is 11.8 Å². The molecule has 0 aliphatic heterocycles. The molecule has 1 unspecified atom stereocenters. The molecule has 0 heterocycles. The van der Waals surface area contributed by atoms with Crippen molar-refractivity contribution in [2.75, 3.05) is 19.6 Å². The van der Waals surface area contributed by atoms with Gasteiger partial charge in [0, 0.05) is 19.5 Å². The topological polar surface area (TPSA) is 70.2 Å². The van der Waals surface area contributed by atoms with Crippen LogP contribution in [-0.4, -0.2) is 31.4 Å². The lowest BCUT2D eigenvalue weighted by Crippen LogP contribution is -2.42. The highest BCUT2D eigenvalue weighted by Gasteiger charge is 2.22. The molecule has 1 aromatic carbocycles. The zero-order valence-corrected chi connectivity index (χ0v) is 13.7. The molecular weight excluding hydrogens is 278 g/mol. The summed E-state index contributed by atoms with van der Waals surface area (Å²) in [6, 6.07) is 8.67. The van der Waals surface area contributed by atoms with Crippen LogP contribution in [0.25, 0.3) is 0 Å². The van der Waals surface area contributed by atoms with Crippen molar-refractivity contribution < 1.29 is 9.59 Å². The molecule has 5 nitrogen and oxygen atoms in total. The molecule has 0 saturated carbocycles. The van der Waals surface area contributed by atoms with Crippen LogP contribution in [0.1, 0.15) is 38.8 Å². The van der Waals surface area contributed by atoms with Crippen LogP contribution in [0.4, 0.5) is 0 Å². The largest absolute Gasteiger partial charge is 0.353 e. The average molecular weight is 305 g/mol. The SMILES string of the molecule is CCNCCNC(=O)C(NC(=O)CC(C)C)c1ccccc1. The van der Waals surface area contributed by atoms with E-state index in [1.807, 2.05) is 51.1 Å². The van der Waals surface area contributed by atoms with E-state index in [9.17, 15) is 9.59 Å². The number of nitrogens with one attached hydrogen (secondary N) is 3. The summed E-state index contributed by atoms with van der Waals surface area (Å²) < 4.78 is 0. The van der Waals surface area contributed by atoms with Crippen molar-refractivity contribution in [1.82, 2.24) is 16.0 Å². The van der Waals surface area contributed by atoms with Crippen molar-refractivity contribution in [3.8, 4) is 0 Å². The highest BCUT2D eigenvalue weighted by atomic mass is 16.2. The van der Waals surface area contributed by atoms with Gasteiger partial charge in [-0.3, -0.25) is 9.59 Å². The Bertz CT molecular complexity index is 460. The molecule has 0 aromatic heterocycles. The number of amides is 2. The second-order valence-corrected chi connectivity index (χ2v) is 5.65. The zero-order valence-electron chi connectivity index (χ0n) is 13.7. The standard InChI is InChI=1S/C17H27N3O2/c1-4-18-10-11-19-17(22)16(14-8-6-5-7-9-14)20-15(21)12-13(2)3/h5-9,13,16,18H,4,10-12H2,1-3H3,(H,19,22)(H,20,21). The van der Waals surface area contributed by atoms with Gasteiger partial charge in [-0.1, -0.05) is 51.1 Å². The van der Waals surface area contributed by atoms with Gasteiger partial charge in [0.15, 0.2) is 0 Å². The van der Waals surface area contributed by atoms with Gasteiger partial charge < -0.3 is 16.0 Å². The van der Waals surface area contributed by atoms with Crippen molar-refractivity contribution in [2.45, 2.75) is 33.2 Å². The lowest BCUT2D eigenvalue weighted by atomic mass is 10.0. The van der Waals surface area contributed by atoms with Crippen molar-refractivity contribution in [2.24, 2.45) is 5.92 Å². The summed E-state index contributed by atoms with van der Waals surface area (Å²) in [4.78, 5) is 24.4. The number of carbonyl (C=O) groups excluding carboxylic acids is 2. The summed E-state index contributed by atoms with van der Waals surface area (Å²) in [5.74, 6) is -0.0277. The van der Waals surface area contributed by atoms with Crippen LogP contribution in [0, 0.1) is 5.92 Å². The van der Waals surface area contributed by atoms with E-state index in [4.69, 9.17) is 0 Å². The summed E-state index contributed by atoms with van der Waals surface area (Å²) >= 11 is 0. The maximum absolute atomic E-state index is 12.4. The number of benzene rings is 1. The Kier molecular flexibility index (Phi) is 8.22. The van der Waals surface area contributed by atoms with Crippen LogP contribution in [0.2, 0.25) is 0 Å². The van der Waals surface area contributed by atoms with Crippen LogP contribution in [0.5, 0.6) is 0 Å². The molecule has 2 amide bonds. The molecule has 122 valence electrons. The summed E-state index contributed by atoms with van der Waals surface area (Å²) in [6.45, 7) is 8.09. The van der Waals surface area contributed by atoms with Crippen LogP contribution in [-0.2, 0) is 9.59 Å². The first-order chi connectivity index (χ1) is 10.5. The summed E-state index contributed by atoms with van der Waals surface area (Å²) in [5.41, 5.74) is 0.792. The number of rotatable bonds is 9. The molecule has 0 aliphatic rings. The van der Waals surface area contributed by atoms with Crippen molar-refractivity contribution in [3.05, 3.63) is 35.9 Å². The summed E-state index contributed by atoms with van der Waals surface area (Å²) in [5, 5.41) is 8.84. The molecule has 3 N–H and O–H groups in total. The van der Waals surface area contributed by atoms with Gasteiger partial charge in [0.25, 0.3) is 0 Å². The molecule has 0 bridgehead atoms. The van der Waals surface area contributed by atoms with E-state index >= 15 is 0 Å². The first kappa shape index (κ1) is 18.2. The minimum atomic E-state index is -0.644. The summed E-state index contributed by atoms with van der Waals surface area (Å²) in [6.07, 6.45) is 0.411.